The van der Waals surface area contributed by atoms with Crippen LogP contribution in [-0.2, 0) is 12.1 Å². The summed E-state index contributed by atoms with van der Waals surface area (Å²) in [4.78, 5) is 16.2. The van der Waals surface area contributed by atoms with E-state index in [1.807, 2.05) is 25.1 Å². The minimum absolute atomic E-state index is 0.112. The minimum Gasteiger partial charge on any atom is -0.382 e. The van der Waals surface area contributed by atoms with Crippen molar-refractivity contribution in [2.75, 3.05) is 0 Å². The first-order valence-corrected chi connectivity index (χ1v) is 9.77. The predicted octanol–water partition coefficient (Wildman–Crippen LogP) is 2.79. The number of tetrazole rings is 1. The van der Waals surface area contributed by atoms with Gasteiger partial charge < -0.3 is 10.8 Å². The highest BCUT2D eigenvalue weighted by Gasteiger charge is 2.28. The van der Waals surface area contributed by atoms with E-state index < -0.39 is 11.5 Å². The summed E-state index contributed by atoms with van der Waals surface area (Å²) in [6.07, 6.45) is 0.454. The second-order valence-electron chi connectivity index (χ2n) is 7.57. The zero-order valence-corrected chi connectivity index (χ0v) is 17.1. The number of aromatic nitrogens is 5. The monoisotopic (exact) mass is 420 g/mol. The summed E-state index contributed by atoms with van der Waals surface area (Å²) in [6.45, 7) is 3.81. The van der Waals surface area contributed by atoms with Crippen molar-refractivity contribution in [3.63, 3.8) is 0 Å². The zero-order chi connectivity index (χ0) is 22.2. The lowest BCUT2D eigenvalue weighted by atomic mass is 9.98. The van der Waals surface area contributed by atoms with Crippen LogP contribution in [0.3, 0.4) is 0 Å². The second-order valence-corrected chi connectivity index (χ2v) is 7.57. The molecule has 4 rings (SSSR count). The van der Waals surface area contributed by atoms with Gasteiger partial charge in [-0.2, -0.15) is 0 Å². The van der Waals surface area contributed by atoms with E-state index in [1.165, 1.54) is 16.8 Å². The molecule has 1 atom stereocenters. The summed E-state index contributed by atoms with van der Waals surface area (Å²) < 4.78 is 14.9. The molecule has 0 spiro atoms. The molecule has 2 aromatic heterocycles. The molecule has 2 aromatic carbocycles. The number of primary amides is 1. The summed E-state index contributed by atoms with van der Waals surface area (Å²) in [5.41, 5.74) is 7.29. The van der Waals surface area contributed by atoms with Crippen molar-refractivity contribution in [2.45, 2.75) is 32.4 Å². The first kappa shape index (κ1) is 20.5. The molecule has 0 bridgehead atoms. The van der Waals surface area contributed by atoms with Gasteiger partial charge in [-0.25, -0.2) is 14.1 Å². The van der Waals surface area contributed by atoms with Gasteiger partial charge in [0, 0.05) is 5.39 Å². The molecule has 3 N–H and O–H groups in total. The van der Waals surface area contributed by atoms with E-state index in [4.69, 9.17) is 5.73 Å². The maximum Gasteiger partial charge on any atom is 0.267 e. The number of rotatable bonds is 6. The Bertz CT molecular complexity index is 1270. The van der Waals surface area contributed by atoms with Crippen LogP contribution in [0.2, 0.25) is 0 Å². The average Bonchev–Trinajstić information content (AvgIpc) is 3.22. The Labute approximate surface area is 177 Å². The number of pyridine rings is 1. The highest BCUT2D eigenvalue weighted by Crippen LogP contribution is 2.30. The number of amides is 1. The highest BCUT2D eigenvalue weighted by atomic mass is 19.1. The topological polar surface area (TPSA) is 120 Å². The molecule has 1 unspecified atom stereocenters. The number of nitrogens with two attached hydrogens (primary N) is 1. The summed E-state index contributed by atoms with van der Waals surface area (Å²) in [6, 6.07) is 13.2. The van der Waals surface area contributed by atoms with Crippen LogP contribution in [0, 0.1) is 5.82 Å². The van der Waals surface area contributed by atoms with Crippen molar-refractivity contribution in [1.82, 2.24) is 25.2 Å². The Morgan fingerprint density at radius 2 is 1.94 bits per heavy atom. The molecule has 8 nitrogen and oxygen atoms in total. The largest absolute Gasteiger partial charge is 0.382 e. The molecular weight excluding hydrogens is 399 g/mol. The Morgan fingerprint density at radius 3 is 2.61 bits per heavy atom. The Balaban J connectivity index is 1.80. The third-order valence-electron chi connectivity index (χ3n) is 5.32. The van der Waals surface area contributed by atoms with Crippen molar-refractivity contribution in [2.24, 2.45) is 5.73 Å². The van der Waals surface area contributed by atoms with Crippen LogP contribution in [0.5, 0.6) is 0 Å². The lowest BCUT2D eigenvalue weighted by Gasteiger charge is -2.20. The van der Waals surface area contributed by atoms with E-state index in [0.717, 1.165) is 22.1 Å². The summed E-state index contributed by atoms with van der Waals surface area (Å²) >= 11 is 0. The molecule has 0 radical (unpaired) electrons. The van der Waals surface area contributed by atoms with E-state index in [2.05, 4.69) is 20.5 Å². The lowest BCUT2D eigenvalue weighted by Crippen LogP contribution is -2.26. The van der Waals surface area contributed by atoms with Gasteiger partial charge in [-0.1, -0.05) is 31.2 Å². The van der Waals surface area contributed by atoms with Crippen LogP contribution >= 0.6 is 0 Å². The van der Waals surface area contributed by atoms with Gasteiger partial charge in [0.2, 0.25) is 0 Å². The third kappa shape index (κ3) is 3.99. The van der Waals surface area contributed by atoms with Crippen molar-refractivity contribution in [3.8, 4) is 11.1 Å². The first-order valence-electron chi connectivity index (χ1n) is 9.77. The molecule has 0 aliphatic heterocycles. The molecule has 158 valence electrons. The van der Waals surface area contributed by atoms with Crippen molar-refractivity contribution in [3.05, 3.63) is 71.4 Å². The number of carbonyl (C=O) groups is 1. The molecule has 0 fully saturated rings. The fourth-order valence-corrected chi connectivity index (χ4v) is 3.39. The Morgan fingerprint density at radius 1 is 1.19 bits per heavy atom. The van der Waals surface area contributed by atoms with Crippen molar-refractivity contribution in [1.29, 1.82) is 0 Å². The van der Waals surface area contributed by atoms with Gasteiger partial charge in [0.15, 0.2) is 5.82 Å². The van der Waals surface area contributed by atoms with E-state index in [0.29, 0.717) is 24.3 Å². The molecule has 0 aliphatic rings. The Kier molecular flexibility index (Phi) is 5.20. The fraction of sp³-hybridized carbons (Fsp3) is 0.227. The van der Waals surface area contributed by atoms with Gasteiger partial charge in [0.1, 0.15) is 17.1 Å². The van der Waals surface area contributed by atoms with Crippen LogP contribution in [0.1, 0.15) is 42.1 Å². The molecule has 0 saturated carbocycles. The number of halogens is 1. The fourth-order valence-electron chi connectivity index (χ4n) is 3.39. The average molecular weight is 420 g/mol. The molecule has 4 aromatic rings. The molecular formula is C22H21FN6O2. The summed E-state index contributed by atoms with van der Waals surface area (Å²) in [5, 5.41) is 23.0. The summed E-state index contributed by atoms with van der Waals surface area (Å²) in [7, 11) is 0. The zero-order valence-electron chi connectivity index (χ0n) is 17.1. The van der Waals surface area contributed by atoms with Crippen LogP contribution in [0.25, 0.3) is 22.0 Å². The van der Waals surface area contributed by atoms with Gasteiger partial charge in [-0.3, -0.25) is 4.79 Å². The third-order valence-corrected chi connectivity index (χ3v) is 5.32. The van der Waals surface area contributed by atoms with Gasteiger partial charge in [-0.15, -0.1) is 5.10 Å². The van der Waals surface area contributed by atoms with Crippen LogP contribution in [0.15, 0.2) is 48.5 Å². The van der Waals surface area contributed by atoms with Gasteiger partial charge in [-0.05, 0) is 64.7 Å². The highest BCUT2D eigenvalue weighted by molar-refractivity contribution is 6.00. The number of carbonyl (C=O) groups excluding carboxylic acids is 1. The molecule has 0 saturated heterocycles. The second kappa shape index (κ2) is 7.84. The van der Waals surface area contributed by atoms with Crippen LogP contribution < -0.4 is 5.73 Å². The van der Waals surface area contributed by atoms with E-state index >= 15 is 0 Å². The number of nitrogens with zero attached hydrogens (tertiary/aromatic N) is 5. The smallest absolute Gasteiger partial charge is 0.267 e. The maximum atomic E-state index is 13.4. The number of hydrogen-bond acceptors (Lipinski definition) is 6. The quantitative estimate of drug-likeness (QED) is 0.495. The van der Waals surface area contributed by atoms with Crippen molar-refractivity contribution < 1.29 is 14.3 Å². The van der Waals surface area contributed by atoms with Gasteiger partial charge in [0.05, 0.1) is 12.1 Å². The standard InChI is InChI=1S/C22H21FN6O2/c1-3-22(2,31)21-26-27-28-29(21)12-13-4-9-16-17(14-5-7-15(23)8-6-14)11-19(20(24)30)25-18(16)10-13/h4-11,31H,3,12H2,1-2H3,(H2,24,30). The lowest BCUT2D eigenvalue weighted by molar-refractivity contribution is 0.0390. The predicted molar refractivity (Wildman–Crippen MR) is 112 cm³/mol. The SMILES string of the molecule is CCC(C)(O)c1nnnn1Cc1ccc2c(-c3ccc(F)cc3)cc(C(N)=O)nc2c1. The van der Waals surface area contributed by atoms with Crippen molar-refractivity contribution >= 4 is 16.8 Å². The first-order chi connectivity index (χ1) is 14.8. The molecule has 2 heterocycles. The van der Waals surface area contributed by atoms with Gasteiger partial charge in [0.25, 0.3) is 5.91 Å². The van der Waals surface area contributed by atoms with E-state index in [1.54, 1.807) is 25.1 Å². The summed E-state index contributed by atoms with van der Waals surface area (Å²) in [5.74, 6) is -0.641. The maximum absolute atomic E-state index is 13.4. The molecule has 9 heteroatoms. The normalized spacial score (nSPS) is 13.3. The number of fused-ring (bicyclic) bond motifs is 1. The van der Waals surface area contributed by atoms with Crippen LogP contribution in [-0.4, -0.2) is 36.2 Å². The van der Waals surface area contributed by atoms with Crippen LogP contribution in [0.4, 0.5) is 4.39 Å². The molecule has 1 amide bonds. The minimum atomic E-state index is -1.16. The molecule has 31 heavy (non-hydrogen) atoms. The molecule has 0 aliphatic carbocycles. The number of aliphatic hydroxyl groups is 1. The Hall–Kier alpha value is -3.72. The number of benzene rings is 2. The number of hydrogen-bond donors (Lipinski definition) is 2. The van der Waals surface area contributed by atoms with Gasteiger partial charge >= 0.3 is 0 Å². The van der Waals surface area contributed by atoms with E-state index in [9.17, 15) is 14.3 Å². The van der Waals surface area contributed by atoms with E-state index in [-0.39, 0.29) is 11.5 Å².